The standard InChI is InChI=1S/C8H9ClN2O2S.C8H10N2O2S2.C7H9ClN2S2.C7H10N2OS2.CH4S.2CH4.B8.Cl2OS.Na/c1-3-13-7(12)5-4-10-8(14-2)11-6(5)9;1-12-7(11)5-4-9-8(14-3)10-6(5)13-2;1-11-6-5(3-8)4-9-7(10-6)12-2;1-11-6-5(4-10)3-8-7(9-6)12-2;1-2;;;1-6(2)8(5)7(3)4;1-4(2)3;/h4H,3H2,1-2H3;4H,1-3H3;4H,3H2,1-2H3;3,10H,4H2,1-2H3;2H,1H3;2*1H4;;;/q;;;;;;;;;+1/p-1. The van der Waals surface area contributed by atoms with Crippen molar-refractivity contribution in [2.45, 2.75) is 70.0 Å². The maximum Gasteiger partial charge on any atom is 1.00 e. The second-order valence-corrected chi connectivity index (χ2v) is 19.2. The number of aromatic nitrogens is 8. The van der Waals surface area contributed by atoms with Crippen LogP contribution in [0.2, 0.25) is 5.15 Å². The number of thioether (sulfide) groups is 7. The van der Waals surface area contributed by atoms with E-state index >= 15 is 0 Å². The summed E-state index contributed by atoms with van der Waals surface area (Å²) in [4.78, 5) is 55.3. The normalized spacial score (nSPS) is 9.12. The van der Waals surface area contributed by atoms with Crippen molar-refractivity contribution in [2.75, 3.05) is 63.8 Å². The number of esters is 2. The van der Waals surface area contributed by atoms with Gasteiger partial charge in [0.25, 0.3) is 0 Å². The molecule has 0 aliphatic heterocycles. The van der Waals surface area contributed by atoms with Crippen LogP contribution in [0.5, 0.6) is 0 Å². The quantitative estimate of drug-likeness (QED) is 0.0275. The Morgan fingerprint density at radius 1 is 0.667 bits per heavy atom. The minimum Gasteiger partial charge on any atom is -0.796 e. The van der Waals surface area contributed by atoms with Crippen LogP contribution in [-0.2, 0) is 43.8 Å². The Balaban J connectivity index is -0.000000174. The molecule has 0 aliphatic rings. The van der Waals surface area contributed by atoms with E-state index in [0.29, 0.717) is 33.4 Å². The number of aliphatic hydroxyl groups excluding tert-OH is 1. The number of methoxy groups -OCH3 is 1. The third-order valence-electron chi connectivity index (χ3n) is 6.47. The van der Waals surface area contributed by atoms with Gasteiger partial charge >= 0.3 is 41.5 Å². The van der Waals surface area contributed by atoms with Gasteiger partial charge in [-0.1, -0.05) is 73.5 Å². The van der Waals surface area contributed by atoms with E-state index in [1.165, 1.54) is 90.1 Å². The van der Waals surface area contributed by atoms with E-state index in [-0.39, 0.29) is 61.7 Å². The van der Waals surface area contributed by atoms with Crippen molar-refractivity contribution in [1.82, 2.24) is 39.9 Å². The molecule has 14 nitrogen and oxygen atoms in total. The Hall–Kier alpha value is 0.849. The summed E-state index contributed by atoms with van der Waals surface area (Å²) in [6, 6.07) is 0. The van der Waals surface area contributed by atoms with E-state index in [2.05, 4.69) is 78.6 Å². The fraction of sp³-hybridized carbons (Fsp3) is 0.455. The minimum atomic E-state index is -1.67. The number of carbonyl (C=O) groups excluding carboxylic acids is 2. The van der Waals surface area contributed by atoms with E-state index in [9.17, 15) is 9.59 Å². The van der Waals surface area contributed by atoms with Crippen LogP contribution < -0.4 is 29.6 Å². The van der Waals surface area contributed by atoms with E-state index in [1.54, 1.807) is 37.3 Å². The number of hydrogen-bond acceptors (Lipinski definition) is 22. The molecule has 0 bridgehead atoms. The van der Waals surface area contributed by atoms with Gasteiger partial charge in [-0.15, -0.1) is 46.9 Å². The maximum atomic E-state index is 11.3. The van der Waals surface area contributed by atoms with Crippen LogP contribution in [0, 0.1) is 0 Å². The summed E-state index contributed by atoms with van der Waals surface area (Å²) >= 11 is 25.9. The Kier molecular flexibility index (Phi) is 60.0. The van der Waals surface area contributed by atoms with Gasteiger partial charge in [0.05, 0.1) is 26.2 Å². The molecule has 0 amide bonds. The van der Waals surface area contributed by atoms with Crippen LogP contribution in [0.25, 0.3) is 0 Å². The zero-order valence-corrected chi connectivity index (χ0v) is 50.7. The number of halogens is 4. The summed E-state index contributed by atoms with van der Waals surface area (Å²) in [6.07, 6.45) is 19.5. The molecule has 0 fully saturated rings. The second kappa shape index (κ2) is 51.0. The molecular formula is C33H49B8Cl4N8NaO6S9. The first-order valence-corrected chi connectivity index (χ1v) is 30.7. The Morgan fingerprint density at radius 3 is 1.32 bits per heavy atom. The van der Waals surface area contributed by atoms with Crippen LogP contribution in [0.4, 0.5) is 0 Å². The molecule has 0 saturated heterocycles. The van der Waals surface area contributed by atoms with Crippen molar-refractivity contribution in [3.63, 3.8) is 0 Å². The molecule has 1 N–H and O–H groups in total. The van der Waals surface area contributed by atoms with Gasteiger partial charge in [-0.3, -0.25) is 0 Å². The van der Waals surface area contributed by atoms with Gasteiger partial charge in [0.15, 0.2) is 20.6 Å². The molecule has 0 saturated carbocycles. The van der Waals surface area contributed by atoms with Crippen molar-refractivity contribution in [3.8, 4) is 0 Å². The number of aliphatic hydroxyl groups is 1. The average molecular weight is 1190 g/mol. The molecule has 36 heteroatoms. The van der Waals surface area contributed by atoms with Crippen LogP contribution in [0.3, 0.4) is 0 Å². The van der Waals surface area contributed by atoms with Gasteiger partial charge in [0, 0.05) is 115 Å². The Labute approximate surface area is 496 Å². The fourth-order valence-electron chi connectivity index (χ4n) is 3.40. The average Bonchev–Trinajstić information content (AvgIpc) is 3.33. The molecule has 4 aromatic rings. The smallest absolute Gasteiger partial charge is 0.796 e. The van der Waals surface area contributed by atoms with Crippen molar-refractivity contribution in [2.24, 2.45) is 0 Å². The number of carbonyl (C=O) groups is 2. The number of hydrogen-bond donors (Lipinski definition) is 1. The fourth-order valence-corrected chi connectivity index (χ4v) is 7.13. The summed E-state index contributed by atoms with van der Waals surface area (Å²) < 4.78 is 18.5. The molecule has 4 aromatic heterocycles. The second-order valence-electron chi connectivity index (χ2n) is 10.5. The first-order chi connectivity index (χ1) is 31.3. The molecule has 0 aromatic carbocycles. The van der Waals surface area contributed by atoms with Crippen molar-refractivity contribution in [3.05, 3.63) is 52.2 Å². The molecule has 0 unspecified atom stereocenters. The summed E-state index contributed by atoms with van der Waals surface area (Å²) in [7, 11) is 34.5. The van der Waals surface area contributed by atoms with Gasteiger partial charge in [-0.2, -0.15) is 6.26 Å². The van der Waals surface area contributed by atoms with E-state index in [4.69, 9.17) is 75.9 Å². The predicted octanol–water partition coefficient (Wildman–Crippen LogP) is 4.24. The van der Waals surface area contributed by atoms with Crippen LogP contribution in [0.1, 0.15) is 53.6 Å². The third kappa shape index (κ3) is 36.5. The van der Waals surface area contributed by atoms with Gasteiger partial charge in [0.1, 0.15) is 31.4 Å². The molecule has 69 heavy (non-hydrogen) atoms. The van der Waals surface area contributed by atoms with E-state index < -0.39 is 40.3 Å². The zero-order chi connectivity index (χ0) is 51.4. The summed E-state index contributed by atoms with van der Waals surface area (Å²) in [5, 5.41) is 14.3. The SMILES string of the molecule is C.C.CCOC(=O)c1cnc(SC)nc1Cl.COC(=O)c1cnc(SC)nc1SC.CSc1ncc(CCl)c(SC)n1.CSc1ncc(CO)c(SC)n1.C[S-].O=S(Cl)Cl.[B]B([B])B([B])B([B])[B].[Na+]. The number of rotatable bonds is 14. The van der Waals surface area contributed by atoms with Crippen molar-refractivity contribution >= 4 is 219 Å². The first-order valence-electron chi connectivity index (χ1n) is 17.6. The topological polar surface area (TPSA) is 193 Å². The summed E-state index contributed by atoms with van der Waals surface area (Å²) in [6.45, 7) is 2.03. The predicted molar refractivity (Wildman–Crippen MR) is 311 cm³/mol. The Morgan fingerprint density at radius 2 is 1.01 bits per heavy atom. The van der Waals surface area contributed by atoms with Gasteiger partial charge < -0.3 is 27.2 Å². The number of alkyl halides is 1. The molecule has 4 heterocycles. The third-order valence-corrected chi connectivity index (χ3v) is 11.5. The van der Waals surface area contributed by atoms with Gasteiger partial charge in [-0.25, -0.2) is 53.7 Å². The van der Waals surface area contributed by atoms with Crippen molar-refractivity contribution in [1.29, 1.82) is 0 Å². The monoisotopic (exact) mass is 1190 g/mol. The van der Waals surface area contributed by atoms with Gasteiger partial charge in [0.2, 0.25) is 9.23 Å². The largest absolute Gasteiger partial charge is 1.00 e. The maximum absolute atomic E-state index is 11.3. The first kappa shape index (κ1) is 81.2. The number of nitrogens with zero attached hydrogens (tertiary/aromatic N) is 8. The molecule has 0 aliphatic carbocycles. The van der Waals surface area contributed by atoms with E-state index in [0.717, 1.165) is 31.5 Å². The molecule has 0 spiro atoms. The van der Waals surface area contributed by atoms with E-state index in [1.807, 2.05) is 43.8 Å². The summed E-state index contributed by atoms with van der Waals surface area (Å²) in [5.41, 5.74) is 2.41. The molecule has 0 atom stereocenters. The molecule has 10 radical (unpaired) electrons. The summed E-state index contributed by atoms with van der Waals surface area (Å²) in [5.74, 6) is -0.419. The molecule has 364 valence electrons. The van der Waals surface area contributed by atoms with Crippen LogP contribution >= 0.6 is 127 Å². The van der Waals surface area contributed by atoms with Crippen LogP contribution in [0.15, 0.2) is 60.5 Å². The molecule has 4 rings (SSSR count). The van der Waals surface area contributed by atoms with Crippen LogP contribution in [-0.4, -0.2) is 183 Å². The zero-order valence-electron chi connectivity index (χ0n) is 38.3. The molecular weight excluding hydrogens is 1140 g/mol. The van der Waals surface area contributed by atoms with Gasteiger partial charge in [-0.05, 0) is 50.7 Å². The minimum absolute atomic E-state index is 0. The van der Waals surface area contributed by atoms with Crippen molar-refractivity contribution < 1.29 is 57.9 Å². The Bertz CT molecular complexity index is 1960. The number of ether oxygens (including phenoxy) is 2.